The van der Waals surface area contributed by atoms with Gasteiger partial charge in [0.15, 0.2) is 0 Å². The van der Waals surface area contributed by atoms with Crippen molar-refractivity contribution in [1.82, 2.24) is 9.21 Å². The van der Waals surface area contributed by atoms with E-state index in [-0.39, 0.29) is 22.4 Å². The van der Waals surface area contributed by atoms with Crippen LogP contribution >= 0.6 is 15.9 Å². The van der Waals surface area contributed by atoms with Crippen molar-refractivity contribution in [3.63, 3.8) is 0 Å². The van der Waals surface area contributed by atoms with Gasteiger partial charge in [0.2, 0.25) is 15.9 Å². The Morgan fingerprint density at radius 3 is 2.52 bits per heavy atom. The van der Waals surface area contributed by atoms with Crippen LogP contribution in [0.15, 0.2) is 27.6 Å². The molecule has 1 saturated heterocycles. The Hall–Kier alpha value is -1.43. The van der Waals surface area contributed by atoms with Gasteiger partial charge in [0.25, 0.3) is 0 Å². The number of rotatable bonds is 3. The van der Waals surface area contributed by atoms with Gasteiger partial charge in [-0.15, -0.1) is 0 Å². The van der Waals surface area contributed by atoms with E-state index in [2.05, 4.69) is 15.9 Å². The topological polar surface area (TPSA) is 81.5 Å². The Balaban J connectivity index is 2.22. The summed E-state index contributed by atoms with van der Waals surface area (Å²) in [5.74, 6) is -0.0231. The highest BCUT2D eigenvalue weighted by Gasteiger charge is 2.32. The van der Waals surface area contributed by atoms with E-state index in [1.807, 2.05) is 6.07 Å². The fourth-order valence-electron chi connectivity index (χ4n) is 2.67. The van der Waals surface area contributed by atoms with Crippen molar-refractivity contribution in [2.24, 2.45) is 0 Å². The molecule has 1 heterocycles. The summed E-state index contributed by atoms with van der Waals surface area (Å²) < 4.78 is 27.6. The van der Waals surface area contributed by atoms with E-state index in [9.17, 15) is 13.2 Å². The summed E-state index contributed by atoms with van der Waals surface area (Å²) in [5.41, 5.74) is 0.135. The summed E-state index contributed by atoms with van der Waals surface area (Å²) in [6.07, 6.45) is 1.18. The average Bonchev–Trinajstić information content (AvgIpc) is 2.54. The van der Waals surface area contributed by atoms with E-state index < -0.39 is 10.0 Å². The molecule has 1 aromatic rings. The molecule has 0 N–H and O–H groups in total. The minimum absolute atomic E-state index is 0.0211. The maximum Gasteiger partial charge on any atom is 0.244 e. The quantitative estimate of drug-likeness (QED) is 0.777. The first kappa shape index (κ1) is 17.9. The van der Waals surface area contributed by atoms with Crippen LogP contribution in [0.3, 0.4) is 0 Å². The lowest BCUT2D eigenvalue weighted by Gasteiger charge is -2.35. The number of hydrogen-bond acceptors (Lipinski definition) is 4. The molecule has 1 aliphatic heterocycles. The van der Waals surface area contributed by atoms with Crippen molar-refractivity contribution in [2.45, 2.75) is 30.7 Å². The summed E-state index contributed by atoms with van der Waals surface area (Å²) >= 11 is 3.25. The number of halogens is 1. The van der Waals surface area contributed by atoms with Gasteiger partial charge in [-0.1, -0.05) is 15.9 Å². The molecule has 1 amide bonds. The molecule has 0 atom stereocenters. The molecule has 23 heavy (non-hydrogen) atoms. The summed E-state index contributed by atoms with van der Waals surface area (Å²) in [5, 5.41) is 9.15. The van der Waals surface area contributed by atoms with Crippen LogP contribution in [0.5, 0.6) is 0 Å². The third-order valence-electron chi connectivity index (χ3n) is 4.15. The van der Waals surface area contributed by atoms with Crippen LogP contribution in [-0.4, -0.2) is 49.7 Å². The van der Waals surface area contributed by atoms with Crippen LogP contribution in [0.4, 0.5) is 0 Å². The Labute approximate surface area is 144 Å². The zero-order valence-electron chi connectivity index (χ0n) is 13.0. The minimum atomic E-state index is -3.72. The normalized spacial score (nSPS) is 16.8. The number of carbonyl (C=O) groups is 1. The Morgan fingerprint density at radius 1 is 1.39 bits per heavy atom. The minimum Gasteiger partial charge on any atom is -0.343 e. The van der Waals surface area contributed by atoms with E-state index in [0.717, 1.165) is 0 Å². The monoisotopic (exact) mass is 399 g/mol. The van der Waals surface area contributed by atoms with Crippen molar-refractivity contribution < 1.29 is 13.2 Å². The van der Waals surface area contributed by atoms with E-state index in [1.54, 1.807) is 18.0 Å². The molecular formula is C15H18BrN3O3S. The van der Waals surface area contributed by atoms with Crippen LogP contribution in [0.2, 0.25) is 0 Å². The standard InChI is InChI=1S/C15H18BrN3O3S/c1-11(20)18(2)14-5-7-19(8-6-14)23(21,22)15-9-13(16)4-3-12(15)10-17/h3-4,9,14H,5-8H2,1-2H3. The van der Waals surface area contributed by atoms with Gasteiger partial charge in [-0.05, 0) is 31.0 Å². The molecule has 0 unspecified atom stereocenters. The molecule has 8 heteroatoms. The summed E-state index contributed by atoms with van der Waals surface area (Å²) in [4.78, 5) is 13.1. The van der Waals surface area contributed by atoms with Crippen molar-refractivity contribution in [2.75, 3.05) is 20.1 Å². The van der Waals surface area contributed by atoms with Gasteiger partial charge >= 0.3 is 0 Å². The van der Waals surface area contributed by atoms with Crippen molar-refractivity contribution >= 4 is 31.9 Å². The first-order chi connectivity index (χ1) is 10.8. The van der Waals surface area contributed by atoms with Crippen molar-refractivity contribution in [1.29, 1.82) is 5.26 Å². The van der Waals surface area contributed by atoms with Gasteiger partial charge in [-0.2, -0.15) is 9.57 Å². The number of amides is 1. The Kier molecular flexibility index (Phi) is 5.45. The zero-order chi connectivity index (χ0) is 17.2. The predicted octanol–water partition coefficient (Wildman–Crippen LogP) is 1.95. The number of sulfonamides is 1. The Morgan fingerprint density at radius 2 is 2.00 bits per heavy atom. The molecule has 124 valence electrons. The first-order valence-corrected chi connectivity index (χ1v) is 9.44. The van der Waals surface area contributed by atoms with Gasteiger partial charge in [0.05, 0.1) is 5.56 Å². The van der Waals surface area contributed by atoms with Crippen LogP contribution < -0.4 is 0 Å². The second-order valence-corrected chi connectivity index (χ2v) is 8.34. The maximum atomic E-state index is 12.8. The van der Waals surface area contributed by atoms with Gasteiger partial charge < -0.3 is 4.90 Å². The molecule has 0 aliphatic carbocycles. The highest BCUT2D eigenvalue weighted by Crippen LogP contribution is 2.27. The highest BCUT2D eigenvalue weighted by molar-refractivity contribution is 9.10. The first-order valence-electron chi connectivity index (χ1n) is 7.20. The van der Waals surface area contributed by atoms with Gasteiger partial charge in [-0.25, -0.2) is 8.42 Å². The number of hydrogen-bond donors (Lipinski definition) is 0. The molecule has 1 aliphatic rings. The fourth-order valence-corrected chi connectivity index (χ4v) is 4.82. The van der Waals surface area contributed by atoms with Crippen molar-refractivity contribution in [3.05, 3.63) is 28.2 Å². The van der Waals surface area contributed by atoms with Crippen LogP contribution in [0, 0.1) is 11.3 Å². The fraction of sp³-hybridized carbons (Fsp3) is 0.467. The smallest absolute Gasteiger partial charge is 0.244 e. The molecular weight excluding hydrogens is 382 g/mol. The predicted molar refractivity (Wildman–Crippen MR) is 89.1 cm³/mol. The summed E-state index contributed by atoms with van der Waals surface area (Å²) in [7, 11) is -1.98. The summed E-state index contributed by atoms with van der Waals surface area (Å²) in [6, 6.07) is 6.58. The molecule has 0 aromatic heterocycles. The third-order valence-corrected chi connectivity index (χ3v) is 6.58. The van der Waals surface area contributed by atoms with Gasteiger partial charge in [0, 0.05) is 37.6 Å². The van der Waals surface area contributed by atoms with Gasteiger partial charge in [0.1, 0.15) is 11.0 Å². The number of benzene rings is 1. The Bertz CT molecular complexity index is 750. The molecule has 1 fully saturated rings. The largest absolute Gasteiger partial charge is 0.343 e. The van der Waals surface area contributed by atoms with Crippen molar-refractivity contribution in [3.8, 4) is 6.07 Å². The molecule has 0 radical (unpaired) electrons. The number of carbonyl (C=O) groups excluding carboxylic acids is 1. The van der Waals surface area contributed by atoms with E-state index in [1.165, 1.54) is 23.4 Å². The lowest BCUT2D eigenvalue weighted by Crippen LogP contribution is -2.46. The molecule has 0 bridgehead atoms. The number of piperidine rings is 1. The lowest BCUT2D eigenvalue weighted by molar-refractivity contribution is -0.130. The molecule has 0 saturated carbocycles. The number of nitrogens with zero attached hydrogens (tertiary/aromatic N) is 3. The molecule has 1 aromatic carbocycles. The zero-order valence-corrected chi connectivity index (χ0v) is 15.4. The lowest BCUT2D eigenvalue weighted by atomic mass is 10.1. The van der Waals surface area contributed by atoms with E-state index >= 15 is 0 Å². The highest BCUT2D eigenvalue weighted by atomic mass is 79.9. The second kappa shape index (κ2) is 6.99. The van der Waals surface area contributed by atoms with E-state index in [4.69, 9.17) is 5.26 Å². The van der Waals surface area contributed by atoms with Crippen LogP contribution in [0.1, 0.15) is 25.3 Å². The molecule has 0 spiro atoms. The number of nitriles is 1. The average molecular weight is 400 g/mol. The third kappa shape index (κ3) is 3.74. The second-order valence-electron chi connectivity index (χ2n) is 5.52. The van der Waals surface area contributed by atoms with Gasteiger partial charge in [-0.3, -0.25) is 4.79 Å². The molecule has 2 rings (SSSR count). The maximum absolute atomic E-state index is 12.8. The molecule has 6 nitrogen and oxygen atoms in total. The summed E-state index contributed by atoms with van der Waals surface area (Å²) in [6.45, 7) is 2.17. The van der Waals surface area contributed by atoms with Crippen LogP contribution in [0.25, 0.3) is 0 Å². The van der Waals surface area contributed by atoms with E-state index in [0.29, 0.717) is 30.4 Å². The SMILES string of the molecule is CC(=O)N(C)C1CCN(S(=O)(=O)c2cc(Br)ccc2C#N)CC1. The van der Waals surface area contributed by atoms with Crippen LogP contribution in [-0.2, 0) is 14.8 Å².